The van der Waals surface area contributed by atoms with Crippen molar-refractivity contribution in [1.82, 2.24) is 16.0 Å². The normalized spacial score (nSPS) is 20.8. The number of amides is 2. The van der Waals surface area contributed by atoms with Gasteiger partial charge in [0.15, 0.2) is 5.60 Å². The van der Waals surface area contributed by atoms with E-state index in [2.05, 4.69) is 16.0 Å². The van der Waals surface area contributed by atoms with E-state index >= 15 is 0 Å². The fraction of sp³-hybridized carbons (Fsp3) is 0.462. The van der Waals surface area contributed by atoms with Crippen molar-refractivity contribution in [2.75, 3.05) is 26.3 Å². The van der Waals surface area contributed by atoms with Gasteiger partial charge in [-0.2, -0.15) is 0 Å². The fourth-order valence-corrected chi connectivity index (χ4v) is 4.16. The molecule has 1 aliphatic heterocycles. The smallest absolute Gasteiger partial charge is 0.404 e. The van der Waals surface area contributed by atoms with Crippen LogP contribution in [0, 0.1) is 0 Å². The van der Waals surface area contributed by atoms with Crippen molar-refractivity contribution in [3.63, 3.8) is 0 Å². The Hall–Kier alpha value is -3.02. The number of carboxylic acid groups (broad SMARTS) is 1. The number of hydrogen-bond donors (Lipinski definition) is 7. The van der Waals surface area contributed by atoms with Crippen molar-refractivity contribution >= 4 is 12.0 Å². The lowest BCUT2D eigenvalue weighted by Gasteiger charge is -2.29. The van der Waals surface area contributed by atoms with Gasteiger partial charge in [0.05, 0.1) is 37.5 Å². The predicted octanol–water partition coefficient (Wildman–Crippen LogP) is 0.0556. The van der Waals surface area contributed by atoms with Crippen LogP contribution in [0.1, 0.15) is 17.5 Å². The van der Waals surface area contributed by atoms with Gasteiger partial charge in [-0.05, 0) is 24.0 Å². The second kappa shape index (κ2) is 13.3. The number of hydrogen-bond acceptors (Lipinski definition) is 7. The molecule has 5 atom stereocenters. The minimum Gasteiger partial charge on any atom is -0.465 e. The maximum absolute atomic E-state index is 12.7. The maximum Gasteiger partial charge on any atom is 0.404 e. The summed E-state index contributed by atoms with van der Waals surface area (Å²) in [6, 6.07) is 17.1. The zero-order valence-corrected chi connectivity index (χ0v) is 20.0. The highest BCUT2D eigenvalue weighted by Gasteiger charge is 2.41. The summed E-state index contributed by atoms with van der Waals surface area (Å²) < 4.78 is 5.16. The van der Waals surface area contributed by atoms with Crippen LogP contribution < -0.4 is 16.0 Å². The van der Waals surface area contributed by atoms with E-state index in [0.29, 0.717) is 12.8 Å². The van der Waals surface area contributed by atoms with Gasteiger partial charge in [0.25, 0.3) is 5.91 Å². The molecule has 1 heterocycles. The van der Waals surface area contributed by atoms with E-state index in [1.807, 2.05) is 60.7 Å². The van der Waals surface area contributed by atoms with Gasteiger partial charge in [-0.1, -0.05) is 60.7 Å². The molecule has 1 saturated heterocycles. The molecule has 0 saturated carbocycles. The van der Waals surface area contributed by atoms with Crippen molar-refractivity contribution in [2.24, 2.45) is 0 Å². The van der Waals surface area contributed by atoms with Crippen LogP contribution in [0.25, 0.3) is 0 Å². The molecule has 2 amide bonds. The first kappa shape index (κ1) is 27.6. The van der Waals surface area contributed by atoms with Crippen LogP contribution in [0.3, 0.4) is 0 Å². The molecule has 0 bridgehead atoms. The van der Waals surface area contributed by atoms with Crippen molar-refractivity contribution in [2.45, 2.75) is 49.2 Å². The van der Waals surface area contributed by atoms with E-state index in [1.165, 1.54) is 0 Å². The fourth-order valence-electron chi connectivity index (χ4n) is 4.16. The van der Waals surface area contributed by atoms with Gasteiger partial charge in [0, 0.05) is 19.5 Å². The van der Waals surface area contributed by atoms with E-state index in [1.54, 1.807) is 0 Å². The summed E-state index contributed by atoms with van der Waals surface area (Å²) in [4.78, 5) is 24.0. The van der Waals surface area contributed by atoms with Crippen molar-refractivity contribution < 1.29 is 34.8 Å². The molecule has 10 nitrogen and oxygen atoms in total. The molecule has 3 rings (SSSR count). The topological polar surface area (TPSA) is 160 Å². The van der Waals surface area contributed by atoms with Crippen molar-refractivity contribution in [3.8, 4) is 0 Å². The summed E-state index contributed by atoms with van der Waals surface area (Å²) in [5.74, 6) is -0.603. The number of ether oxygens (including phenoxy) is 1. The van der Waals surface area contributed by atoms with Crippen molar-refractivity contribution in [3.05, 3.63) is 71.8 Å². The molecule has 1 aliphatic rings. The number of aliphatic hydroxyl groups excluding tert-OH is 2. The van der Waals surface area contributed by atoms with E-state index in [4.69, 9.17) is 4.74 Å². The Morgan fingerprint density at radius 1 is 0.861 bits per heavy atom. The van der Waals surface area contributed by atoms with E-state index < -0.39 is 41.9 Å². The molecule has 0 spiro atoms. The highest BCUT2D eigenvalue weighted by molar-refractivity contribution is 5.85. The third-order valence-electron chi connectivity index (χ3n) is 6.28. The summed E-state index contributed by atoms with van der Waals surface area (Å²) in [6.07, 6.45) is -2.55. The van der Waals surface area contributed by atoms with Crippen LogP contribution in [0.4, 0.5) is 4.79 Å². The Morgan fingerprint density at radius 3 is 1.81 bits per heavy atom. The van der Waals surface area contributed by atoms with Crippen molar-refractivity contribution in [1.29, 1.82) is 0 Å². The summed E-state index contributed by atoms with van der Waals surface area (Å²) in [5, 5.41) is 49.3. The van der Waals surface area contributed by atoms with Crippen LogP contribution in [-0.2, 0) is 22.4 Å². The Bertz CT molecular complexity index is 955. The molecule has 0 aliphatic carbocycles. The van der Waals surface area contributed by atoms with Gasteiger partial charge in [-0.15, -0.1) is 0 Å². The Kier molecular flexibility index (Phi) is 10.2. The molecule has 0 radical (unpaired) electrons. The molecule has 2 aromatic rings. The molecule has 7 N–H and O–H groups in total. The van der Waals surface area contributed by atoms with Gasteiger partial charge in [0.2, 0.25) is 0 Å². The predicted molar refractivity (Wildman–Crippen MR) is 132 cm³/mol. The molecule has 0 aromatic heterocycles. The van der Waals surface area contributed by atoms with Crippen LogP contribution >= 0.6 is 0 Å². The van der Waals surface area contributed by atoms with Gasteiger partial charge in [-0.3, -0.25) is 4.79 Å². The Balaban J connectivity index is 1.59. The first-order valence-corrected chi connectivity index (χ1v) is 12.0. The first-order valence-electron chi connectivity index (χ1n) is 12.0. The largest absolute Gasteiger partial charge is 0.465 e. The maximum atomic E-state index is 12.7. The van der Waals surface area contributed by atoms with Gasteiger partial charge in [0.1, 0.15) is 0 Å². The lowest BCUT2D eigenvalue weighted by atomic mass is 9.97. The SMILES string of the molecule is O=C(O)N[C@@H](Cc1ccccc1)[C@H](O)CNCC(O)[C@H](Cc1ccccc1)NC(=O)C1(O)CCOC1. The minimum absolute atomic E-state index is 0.0125. The molecular formula is C26H35N3O7. The van der Waals surface area contributed by atoms with E-state index in [0.717, 1.165) is 11.1 Å². The molecule has 2 aromatic carbocycles. The standard InChI is InChI=1S/C26H35N3O7/c30-22(15-27-16-23(31)21(29-25(33)34)14-19-9-5-2-6-10-19)20(13-18-7-3-1-4-8-18)28-24(32)26(35)11-12-36-17-26/h1-10,20-23,27,29-31,35H,11-17H2,(H,28,32)(H,33,34)/t20-,21-,22?,23+,26?/m0/s1. The van der Waals surface area contributed by atoms with Crippen LogP contribution in [0.15, 0.2) is 60.7 Å². The zero-order chi connectivity index (χ0) is 26.0. The number of nitrogens with one attached hydrogen (secondary N) is 3. The summed E-state index contributed by atoms with van der Waals surface area (Å²) in [5.41, 5.74) is 0.130. The highest BCUT2D eigenvalue weighted by Crippen LogP contribution is 2.19. The average Bonchev–Trinajstić information content (AvgIpc) is 3.32. The van der Waals surface area contributed by atoms with Gasteiger partial charge < -0.3 is 41.1 Å². The van der Waals surface area contributed by atoms with Gasteiger partial charge in [-0.25, -0.2) is 4.79 Å². The second-order valence-corrected chi connectivity index (χ2v) is 9.14. The molecule has 2 unspecified atom stereocenters. The second-order valence-electron chi connectivity index (χ2n) is 9.14. The van der Waals surface area contributed by atoms with Crippen LogP contribution in [0.5, 0.6) is 0 Å². The number of aliphatic hydroxyl groups is 3. The average molecular weight is 502 g/mol. The third kappa shape index (κ3) is 8.28. The van der Waals surface area contributed by atoms with Crippen LogP contribution in [-0.4, -0.2) is 88.6 Å². The molecule has 10 heteroatoms. The lowest BCUT2D eigenvalue weighted by Crippen LogP contribution is -2.56. The molecule has 36 heavy (non-hydrogen) atoms. The highest BCUT2D eigenvalue weighted by atomic mass is 16.5. The number of benzene rings is 2. The zero-order valence-electron chi connectivity index (χ0n) is 20.0. The monoisotopic (exact) mass is 501 g/mol. The molecular weight excluding hydrogens is 466 g/mol. The molecule has 1 fully saturated rings. The first-order chi connectivity index (χ1) is 17.3. The van der Waals surface area contributed by atoms with Crippen LogP contribution in [0.2, 0.25) is 0 Å². The van der Waals surface area contributed by atoms with E-state index in [9.17, 15) is 30.0 Å². The lowest BCUT2D eigenvalue weighted by molar-refractivity contribution is -0.141. The number of carbonyl (C=O) groups excluding carboxylic acids is 1. The summed E-state index contributed by atoms with van der Waals surface area (Å²) in [6.45, 7) is 0.216. The quantitative estimate of drug-likeness (QED) is 0.203. The summed E-state index contributed by atoms with van der Waals surface area (Å²) in [7, 11) is 0. The van der Waals surface area contributed by atoms with Gasteiger partial charge >= 0.3 is 6.09 Å². The number of carbonyl (C=O) groups is 2. The van der Waals surface area contributed by atoms with E-state index in [-0.39, 0.29) is 32.7 Å². The third-order valence-corrected chi connectivity index (χ3v) is 6.28. The Labute approximate surface area is 210 Å². The Morgan fingerprint density at radius 2 is 1.36 bits per heavy atom. The number of rotatable bonds is 13. The molecule has 196 valence electrons. The minimum atomic E-state index is -1.63. The summed E-state index contributed by atoms with van der Waals surface area (Å²) >= 11 is 0.